The highest BCUT2D eigenvalue weighted by atomic mass is 35.5. The molecule has 0 aromatic heterocycles. The fourth-order valence-corrected chi connectivity index (χ4v) is 2.94. The van der Waals surface area contributed by atoms with E-state index in [2.05, 4.69) is 30.0 Å². The predicted molar refractivity (Wildman–Crippen MR) is 74.9 cm³/mol. The van der Waals surface area contributed by atoms with Crippen LogP contribution >= 0.6 is 11.6 Å². The smallest absolute Gasteiger partial charge is 0.0459 e. The molecule has 0 spiro atoms. The number of hydrogen-bond donors (Lipinski definition) is 1. The largest absolute Gasteiger partial charge is 0.369 e. The molecule has 3 heteroatoms. The number of hydrogen-bond acceptors (Lipinski definition) is 2. The lowest BCUT2D eigenvalue weighted by atomic mass is 10.1. The standard InChI is InChI=1S/C14H21ClN2/c1-2-12-4-3-9-17(12)13-6-5-11(7-8-16)14(15)10-13/h5-6,10,12H,2-4,7-9,16H2,1H3. The van der Waals surface area contributed by atoms with Crippen molar-refractivity contribution in [1.82, 2.24) is 0 Å². The van der Waals surface area contributed by atoms with Crippen molar-refractivity contribution in [2.75, 3.05) is 18.0 Å². The highest BCUT2D eigenvalue weighted by Crippen LogP contribution is 2.30. The fraction of sp³-hybridized carbons (Fsp3) is 0.571. The Hall–Kier alpha value is -0.730. The molecule has 0 bridgehead atoms. The average molecular weight is 253 g/mol. The molecule has 94 valence electrons. The van der Waals surface area contributed by atoms with Gasteiger partial charge in [0.25, 0.3) is 0 Å². The van der Waals surface area contributed by atoms with E-state index < -0.39 is 0 Å². The number of rotatable bonds is 4. The van der Waals surface area contributed by atoms with Gasteiger partial charge < -0.3 is 10.6 Å². The third-order valence-corrected chi connectivity index (χ3v) is 3.98. The zero-order valence-corrected chi connectivity index (χ0v) is 11.2. The van der Waals surface area contributed by atoms with E-state index in [1.165, 1.54) is 24.9 Å². The van der Waals surface area contributed by atoms with E-state index in [1.807, 2.05) is 0 Å². The zero-order valence-electron chi connectivity index (χ0n) is 10.5. The summed E-state index contributed by atoms with van der Waals surface area (Å²) in [5, 5.41) is 0.856. The van der Waals surface area contributed by atoms with Gasteiger partial charge in [-0.15, -0.1) is 0 Å². The number of benzene rings is 1. The van der Waals surface area contributed by atoms with Crippen LogP contribution in [0.1, 0.15) is 31.7 Å². The second kappa shape index (κ2) is 5.74. The van der Waals surface area contributed by atoms with Crippen LogP contribution in [-0.2, 0) is 6.42 Å². The normalized spacial score (nSPS) is 19.9. The Labute approximate surface area is 109 Å². The molecule has 2 nitrogen and oxygen atoms in total. The first-order chi connectivity index (χ1) is 8.26. The van der Waals surface area contributed by atoms with Gasteiger partial charge in [0.15, 0.2) is 0 Å². The van der Waals surface area contributed by atoms with Gasteiger partial charge in [-0.2, -0.15) is 0 Å². The molecule has 1 aromatic rings. The van der Waals surface area contributed by atoms with Crippen molar-refractivity contribution < 1.29 is 0 Å². The minimum atomic E-state index is 0.653. The highest BCUT2D eigenvalue weighted by molar-refractivity contribution is 6.31. The third kappa shape index (κ3) is 2.75. The Morgan fingerprint density at radius 1 is 1.47 bits per heavy atom. The van der Waals surface area contributed by atoms with Gasteiger partial charge >= 0.3 is 0 Å². The summed E-state index contributed by atoms with van der Waals surface area (Å²) in [4.78, 5) is 2.48. The molecule has 2 rings (SSSR count). The van der Waals surface area contributed by atoms with Crippen LogP contribution in [0.2, 0.25) is 5.02 Å². The fourth-order valence-electron chi connectivity index (χ4n) is 2.67. The van der Waals surface area contributed by atoms with Gasteiger partial charge in [0.1, 0.15) is 0 Å². The molecule has 0 saturated carbocycles. The molecular formula is C14H21ClN2. The van der Waals surface area contributed by atoms with Crippen LogP contribution in [0.5, 0.6) is 0 Å². The topological polar surface area (TPSA) is 29.3 Å². The van der Waals surface area contributed by atoms with Crippen LogP contribution in [0.15, 0.2) is 18.2 Å². The van der Waals surface area contributed by atoms with Gasteiger partial charge in [-0.25, -0.2) is 0 Å². The summed E-state index contributed by atoms with van der Waals surface area (Å²) >= 11 is 6.30. The summed E-state index contributed by atoms with van der Waals surface area (Å²) < 4.78 is 0. The van der Waals surface area contributed by atoms with Crippen LogP contribution in [0, 0.1) is 0 Å². The molecule has 0 amide bonds. The Morgan fingerprint density at radius 3 is 2.94 bits per heavy atom. The lowest BCUT2D eigenvalue weighted by Gasteiger charge is -2.26. The van der Waals surface area contributed by atoms with E-state index >= 15 is 0 Å². The second-order valence-corrected chi connectivity index (χ2v) is 5.12. The lowest BCUT2D eigenvalue weighted by molar-refractivity contribution is 0.645. The van der Waals surface area contributed by atoms with E-state index in [0.717, 1.165) is 23.6 Å². The monoisotopic (exact) mass is 252 g/mol. The van der Waals surface area contributed by atoms with Crippen LogP contribution < -0.4 is 10.6 Å². The number of nitrogens with two attached hydrogens (primary N) is 1. The average Bonchev–Trinajstić information content (AvgIpc) is 2.80. The molecule has 1 aliphatic rings. The molecule has 1 heterocycles. The molecule has 0 aliphatic carbocycles. The summed E-state index contributed by atoms with van der Waals surface area (Å²) in [7, 11) is 0. The van der Waals surface area contributed by atoms with Crippen molar-refractivity contribution in [3.05, 3.63) is 28.8 Å². The number of halogens is 1. The van der Waals surface area contributed by atoms with Crippen molar-refractivity contribution in [3.63, 3.8) is 0 Å². The summed E-state index contributed by atoms with van der Waals surface area (Å²) in [5.74, 6) is 0. The van der Waals surface area contributed by atoms with Crippen LogP contribution in [0.25, 0.3) is 0 Å². The van der Waals surface area contributed by atoms with Crippen molar-refractivity contribution >= 4 is 17.3 Å². The van der Waals surface area contributed by atoms with Gasteiger partial charge in [0.05, 0.1) is 0 Å². The highest BCUT2D eigenvalue weighted by Gasteiger charge is 2.23. The Balaban J connectivity index is 2.19. The predicted octanol–water partition coefficient (Wildman–Crippen LogP) is 3.22. The molecule has 0 radical (unpaired) electrons. The first-order valence-corrected chi connectivity index (χ1v) is 6.89. The van der Waals surface area contributed by atoms with Crippen molar-refractivity contribution in [2.45, 2.75) is 38.6 Å². The quantitative estimate of drug-likeness (QED) is 0.892. The van der Waals surface area contributed by atoms with E-state index in [0.29, 0.717) is 12.6 Å². The van der Waals surface area contributed by atoms with Crippen molar-refractivity contribution in [2.24, 2.45) is 5.73 Å². The first kappa shape index (κ1) is 12.7. The summed E-state index contributed by atoms with van der Waals surface area (Å²) in [6, 6.07) is 7.09. The van der Waals surface area contributed by atoms with Gasteiger partial charge in [0.2, 0.25) is 0 Å². The molecule has 1 aliphatic heterocycles. The maximum absolute atomic E-state index is 6.30. The third-order valence-electron chi connectivity index (χ3n) is 3.63. The van der Waals surface area contributed by atoms with Crippen molar-refractivity contribution in [1.29, 1.82) is 0 Å². The zero-order chi connectivity index (χ0) is 12.3. The van der Waals surface area contributed by atoms with Crippen LogP contribution in [0.4, 0.5) is 5.69 Å². The minimum absolute atomic E-state index is 0.653. The van der Waals surface area contributed by atoms with E-state index in [-0.39, 0.29) is 0 Å². The van der Waals surface area contributed by atoms with Crippen molar-refractivity contribution in [3.8, 4) is 0 Å². The molecule has 2 N–H and O–H groups in total. The molecule has 1 aromatic carbocycles. The molecule has 1 atom stereocenters. The second-order valence-electron chi connectivity index (χ2n) is 4.71. The van der Waals surface area contributed by atoms with E-state index in [9.17, 15) is 0 Å². The Morgan fingerprint density at radius 2 is 2.29 bits per heavy atom. The van der Waals surface area contributed by atoms with Crippen LogP contribution in [0.3, 0.4) is 0 Å². The molecule has 1 saturated heterocycles. The van der Waals surface area contributed by atoms with Gasteiger partial charge in [0, 0.05) is 23.3 Å². The maximum Gasteiger partial charge on any atom is 0.0459 e. The lowest BCUT2D eigenvalue weighted by Crippen LogP contribution is -2.28. The summed E-state index contributed by atoms with van der Waals surface area (Å²) in [5.41, 5.74) is 7.99. The molecular weight excluding hydrogens is 232 g/mol. The van der Waals surface area contributed by atoms with E-state index in [1.54, 1.807) is 0 Å². The number of nitrogens with zero attached hydrogens (tertiary/aromatic N) is 1. The Kier molecular flexibility index (Phi) is 4.30. The summed E-state index contributed by atoms with van der Waals surface area (Å²) in [6.07, 6.45) is 4.66. The molecule has 1 fully saturated rings. The minimum Gasteiger partial charge on any atom is -0.369 e. The Bertz CT molecular complexity index is 378. The SMILES string of the molecule is CCC1CCCN1c1ccc(CCN)c(Cl)c1. The number of anilines is 1. The maximum atomic E-state index is 6.30. The van der Waals surface area contributed by atoms with Gasteiger partial charge in [-0.1, -0.05) is 24.6 Å². The summed E-state index contributed by atoms with van der Waals surface area (Å²) in [6.45, 7) is 4.07. The first-order valence-electron chi connectivity index (χ1n) is 6.51. The van der Waals surface area contributed by atoms with Gasteiger partial charge in [-0.3, -0.25) is 0 Å². The van der Waals surface area contributed by atoms with Crippen LogP contribution in [-0.4, -0.2) is 19.1 Å². The van der Waals surface area contributed by atoms with E-state index in [4.69, 9.17) is 17.3 Å². The molecule has 17 heavy (non-hydrogen) atoms. The van der Waals surface area contributed by atoms with Gasteiger partial charge in [-0.05, 0) is 49.9 Å². The molecule has 1 unspecified atom stereocenters.